The summed E-state index contributed by atoms with van der Waals surface area (Å²) in [6, 6.07) is 8.63. The Balaban J connectivity index is 1.69. The minimum absolute atomic E-state index is 0.824. The van der Waals surface area contributed by atoms with Crippen LogP contribution in [0.1, 0.15) is 31.7 Å². The highest BCUT2D eigenvalue weighted by Crippen LogP contribution is 2.28. The van der Waals surface area contributed by atoms with E-state index in [1.165, 1.54) is 49.3 Å². The van der Waals surface area contributed by atoms with Gasteiger partial charge in [-0.1, -0.05) is 12.1 Å². The molecular formula is C17H24N4. The van der Waals surface area contributed by atoms with Gasteiger partial charge >= 0.3 is 0 Å². The standard InChI is InChI=1S/C17H24N4/c1-2-21-14-15(13-19-21)12-18-16-8-4-5-9-17(16)20-10-6-3-7-11-20/h4-5,8-9,13-14,18H,2-3,6-7,10-12H2,1H3. The van der Waals surface area contributed by atoms with Crippen LogP contribution in [0.2, 0.25) is 0 Å². The van der Waals surface area contributed by atoms with Crippen LogP contribution in [0.5, 0.6) is 0 Å². The Bertz CT molecular complexity index is 570. The quantitative estimate of drug-likeness (QED) is 0.912. The van der Waals surface area contributed by atoms with Crippen molar-refractivity contribution in [2.45, 2.75) is 39.3 Å². The van der Waals surface area contributed by atoms with Gasteiger partial charge in [0.2, 0.25) is 0 Å². The normalized spacial score (nSPS) is 15.2. The first kappa shape index (κ1) is 14.0. The number of hydrogen-bond acceptors (Lipinski definition) is 3. The zero-order valence-corrected chi connectivity index (χ0v) is 12.8. The monoisotopic (exact) mass is 284 g/mol. The fourth-order valence-corrected chi connectivity index (χ4v) is 2.90. The van der Waals surface area contributed by atoms with Crippen LogP contribution < -0.4 is 10.2 Å². The van der Waals surface area contributed by atoms with Crippen LogP contribution in [-0.2, 0) is 13.1 Å². The number of rotatable bonds is 5. The Morgan fingerprint density at radius 3 is 2.71 bits per heavy atom. The van der Waals surface area contributed by atoms with Crippen molar-refractivity contribution in [2.75, 3.05) is 23.3 Å². The zero-order chi connectivity index (χ0) is 14.5. The second-order valence-electron chi connectivity index (χ2n) is 5.62. The summed E-state index contributed by atoms with van der Waals surface area (Å²) in [7, 11) is 0. The molecule has 0 spiro atoms. The van der Waals surface area contributed by atoms with Crippen molar-refractivity contribution in [3.05, 3.63) is 42.2 Å². The van der Waals surface area contributed by atoms with Gasteiger partial charge in [-0.15, -0.1) is 0 Å². The molecule has 1 aliphatic heterocycles. The van der Waals surface area contributed by atoms with Crippen LogP contribution in [0, 0.1) is 0 Å². The molecule has 0 radical (unpaired) electrons. The molecule has 0 bridgehead atoms. The Labute approximate surface area is 126 Å². The van der Waals surface area contributed by atoms with Crippen LogP contribution in [0.15, 0.2) is 36.7 Å². The summed E-state index contributed by atoms with van der Waals surface area (Å²) < 4.78 is 1.97. The maximum atomic E-state index is 4.33. The van der Waals surface area contributed by atoms with Crippen LogP contribution in [0.25, 0.3) is 0 Å². The molecule has 1 N–H and O–H groups in total. The summed E-state index contributed by atoms with van der Waals surface area (Å²) in [5, 5.41) is 7.89. The summed E-state index contributed by atoms with van der Waals surface area (Å²) in [6.07, 6.45) is 8.02. The lowest BCUT2D eigenvalue weighted by molar-refractivity contribution is 0.578. The van der Waals surface area contributed by atoms with E-state index in [4.69, 9.17) is 0 Å². The summed E-state index contributed by atoms with van der Waals surface area (Å²) in [6.45, 7) is 6.20. The number of piperidine rings is 1. The number of nitrogens with zero attached hydrogens (tertiary/aromatic N) is 3. The third-order valence-electron chi connectivity index (χ3n) is 4.09. The molecule has 2 heterocycles. The van der Waals surface area contributed by atoms with E-state index in [2.05, 4.69) is 52.7 Å². The Hall–Kier alpha value is -1.97. The van der Waals surface area contributed by atoms with E-state index in [0.29, 0.717) is 0 Å². The molecule has 2 aromatic rings. The molecule has 1 fully saturated rings. The zero-order valence-electron chi connectivity index (χ0n) is 12.8. The van der Waals surface area contributed by atoms with Crippen molar-refractivity contribution in [2.24, 2.45) is 0 Å². The van der Waals surface area contributed by atoms with Gasteiger partial charge in [-0.05, 0) is 38.3 Å². The van der Waals surface area contributed by atoms with Crippen molar-refractivity contribution in [3.8, 4) is 0 Å². The van der Waals surface area contributed by atoms with Gasteiger partial charge in [0, 0.05) is 37.9 Å². The minimum atomic E-state index is 0.824. The first-order valence-electron chi connectivity index (χ1n) is 7.96. The highest BCUT2D eigenvalue weighted by molar-refractivity contribution is 5.70. The third kappa shape index (κ3) is 3.38. The number of aryl methyl sites for hydroxylation is 1. The van der Waals surface area contributed by atoms with Gasteiger partial charge in [0.1, 0.15) is 0 Å². The van der Waals surface area contributed by atoms with Crippen LogP contribution in [0.3, 0.4) is 0 Å². The lowest BCUT2D eigenvalue weighted by atomic mass is 10.1. The maximum absolute atomic E-state index is 4.33. The smallest absolute Gasteiger partial charge is 0.0602 e. The van der Waals surface area contributed by atoms with E-state index in [-0.39, 0.29) is 0 Å². The second-order valence-corrected chi connectivity index (χ2v) is 5.62. The van der Waals surface area contributed by atoms with Crippen molar-refractivity contribution >= 4 is 11.4 Å². The van der Waals surface area contributed by atoms with Crippen molar-refractivity contribution in [1.29, 1.82) is 0 Å². The van der Waals surface area contributed by atoms with Crippen LogP contribution in [0.4, 0.5) is 11.4 Å². The van der Waals surface area contributed by atoms with E-state index in [0.717, 1.165) is 13.1 Å². The van der Waals surface area contributed by atoms with Gasteiger partial charge in [0.15, 0.2) is 0 Å². The first-order valence-corrected chi connectivity index (χ1v) is 7.96. The number of nitrogens with one attached hydrogen (secondary N) is 1. The molecule has 0 unspecified atom stereocenters. The third-order valence-corrected chi connectivity index (χ3v) is 4.09. The van der Waals surface area contributed by atoms with Gasteiger partial charge in [0.05, 0.1) is 17.6 Å². The molecular weight excluding hydrogens is 260 g/mol. The van der Waals surface area contributed by atoms with Gasteiger partial charge in [-0.2, -0.15) is 5.10 Å². The van der Waals surface area contributed by atoms with Crippen molar-refractivity contribution < 1.29 is 0 Å². The Kier molecular flexibility index (Phi) is 4.43. The maximum Gasteiger partial charge on any atom is 0.0602 e. The van der Waals surface area contributed by atoms with Crippen LogP contribution in [-0.4, -0.2) is 22.9 Å². The fourth-order valence-electron chi connectivity index (χ4n) is 2.90. The minimum Gasteiger partial charge on any atom is -0.379 e. The van der Waals surface area contributed by atoms with Gasteiger partial charge in [-0.3, -0.25) is 4.68 Å². The molecule has 4 nitrogen and oxygen atoms in total. The van der Waals surface area contributed by atoms with E-state index in [1.54, 1.807) is 0 Å². The average Bonchev–Trinajstić information content (AvgIpc) is 3.02. The summed E-state index contributed by atoms with van der Waals surface area (Å²) in [5.74, 6) is 0. The number of aromatic nitrogens is 2. The molecule has 21 heavy (non-hydrogen) atoms. The summed E-state index contributed by atoms with van der Waals surface area (Å²) >= 11 is 0. The molecule has 112 valence electrons. The van der Waals surface area contributed by atoms with Gasteiger partial charge in [0.25, 0.3) is 0 Å². The number of para-hydroxylation sites is 2. The average molecular weight is 284 g/mol. The molecule has 0 aliphatic carbocycles. The predicted molar refractivity (Wildman–Crippen MR) is 87.7 cm³/mol. The second kappa shape index (κ2) is 6.66. The van der Waals surface area contributed by atoms with E-state index < -0.39 is 0 Å². The summed E-state index contributed by atoms with van der Waals surface area (Å²) in [5.41, 5.74) is 3.79. The molecule has 4 heteroatoms. The molecule has 1 aromatic carbocycles. The first-order chi connectivity index (χ1) is 10.4. The molecule has 3 rings (SSSR count). The van der Waals surface area contributed by atoms with Gasteiger partial charge < -0.3 is 10.2 Å². The predicted octanol–water partition coefficient (Wildman–Crippen LogP) is 3.51. The number of hydrogen-bond donors (Lipinski definition) is 1. The van der Waals surface area contributed by atoms with Crippen molar-refractivity contribution in [1.82, 2.24) is 9.78 Å². The summed E-state index contributed by atoms with van der Waals surface area (Å²) in [4.78, 5) is 2.50. The van der Waals surface area contributed by atoms with E-state index in [9.17, 15) is 0 Å². The lowest BCUT2D eigenvalue weighted by Gasteiger charge is -2.30. The Morgan fingerprint density at radius 2 is 1.95 bits per heavy atom. The van der Waals surface area contributed by atoms with Crippen LogP contribution >= 0.6 is 0 Å². The fraction of sp³-hybridized carbons (Fsp3) is 0.471. The number of benzene rings is 1. The lowest BCUT2D eigenvalue weighted by Crippen LogP contribution is -2.30. The van der Waals surface area contributed by atoms with Crippen molar-refractivity contribution in [3.63, 3.8) is 0 Å². The Morgan fingerprint density at radius 1 is 1.14 bits per heavy atom. The molecule has 0 atom stereocenters. The SMILES string of the molecule is CCn1cc(CNc2ccccc2N2CCCCC2)cn1. The molecule has 1 aromatic heterocycles. The highest BCUT2D eigenvalue weighted by atomic mass is 15.3. The molecule has 0 saturated carbocycles. The molecule has 1 saturated heterocycles. The molecule has 0 amide bonds. The number of anilines is 2. The highest BCUT2D eigenvalue weighted by Gasteiger charge is 2.13. The topological polar surface area (TPSA) is 33.1 Å². The van der Waals surface area contributed by atoms with Gasteiger partial charge in [-0.25, -0.2) is 0 Å². The van der Waals surface area contributed by atoms with E-state index in [1.807, 2.05) is 10.9 Å². The largest absolute Gasteiger partial charge is 0.379 e. The molecule has 1 aliphatic rings. The van der Waals surface area contributed by atoms with E-state index >= 15 is 0 Å².